The van der Waals surface area contributed by atoms with Crippen molar-refractivity contribution in [1.82, 2.24) is 4.90 Å². The van der Waals surface area contributed by atoms with E-state index < -0.39 is 0 Å². The molecular weight excluding hydrogens is 204 g/mol. The summed E-state index contributed by atoms with van der Waals surface area (Å²) in [5, 5.41) is 0. The second-order valence-electron chi connectivity index (χ2n) is 3.46. The number of hydrogen-bond donors (Lipinski definition) is 0. The van der Waals surface area contributed by atoms with Gasteiger partial charge in [0.25, 0.3) is 5.91 Å². The molecule has 0 saturated carbocycles. The van der Waals surface area contributed by atoms with E-state index in [1.807, 2.05) is 30.3 Å². The van der Waals surface area contributed by atoms with E-state index in [0.717, 1.165) is 11.8 Å². The third-order valence-electron chi connectivity index (χ3n) is 2.52. The summed E-state index contributed by atoms with van der Waals surface area (Å²) < 4.78 is 0. The van der Waals surface area contributed by atoms with Gasteiger partial charge in [0, 0.05) is 18.8 Å². The summed E-state index contributed by atoms with van der Waals surface area (Å²) in [7, 11) is 0. The molecule has 1 aromatic rings. The molecule has 0 aliphatic carbocycles. The lowest BCUT2D eigenvalue weighted by Gasteiger charge is -2.16. The van der Waals surface area contributed by atoms with Crippen molar-refractivity contribution in [3.8, 4) is 0 Å². The van der Waals surface area contributed by atoms with Gasteiger partial charge in [-0.3, -0.25) is 14.6 Å². The Kier molecular flexibility index (Phi) is 2.72. The van der Waals surface area contributed by atoms with Crippen LogP contribution in [-0.4, -0.2) is 29.9 Å². The minimum atomic E-state index is -0.344. The molecule has 0 bridgehead atoms. The van der Waals surface area contributed by atoms with Gasteiger partial charge in [0.2, 0.25) is 0 Å². The maximum atomic E-state index is 11.9. The summed E-state index contributed by atoms with van der Waals surface area (Å²) in [5.41, 5.74) is 0.812. The molecule has 0 aromatic heterocycles. The fourth-order valence-corrected chi connectivity index (χ4v) is 1.70. The monoisotopic (exact) mass is 216 g/mol. The van der Waals surface area contributed by atoms with Crippen molar-refractivity contribution in [3.05, 3.63) is 43.0 Å². The van der Waals surface area contributed by atoms with Crippen molar-refractivity contribution < 1.29 is 9.59 Å². The van der Waals surface area contributed by atoms with E-state index in [9.17, 15) is 9.59 Å². The molecule has 0 spiro atoms. The van der Waals surface area contributed by atoms with Crippen LogP contribution in [0.4, 0.5) is 10.5 Å². The number of hydrogen-bond acceptors (Lipinski definition) is 2. The van der Waals surface area contributed by atoms with Crippen LogP contribution in [0, 0.1) is 0 Å². The van der Waals surface area contributed by atoms with Crippen LogP contribution in [0.1, 0.15) is 0 Å². The number of anilines is 1. The van der Waals surface area contributed by atoms with Crippen LogP contribution >= 0.6 is 0 Å². The maximum Gasteiger partial charge on any atom is 0.331 e. The quantitative estimate of drug-likeness (QED) is 0.705. The van der Waals surface area contributed by atoms with E-state index in [4.69, 9.17) is 0 Å². The van der Waals surface area contributed by atoms with Crippen molar-refractivity contribution >= 4 is 17.6 Å². The first-order valence-corrected chi connectivity index (χ1v) is 5.04. The summed E-state index contributed by atoms with van der Waals surface area (Å²) in [5.74, 6) is -0.344. The SMILES string of the molecule is C=CC(=O)N1CCN(c2ccccc2)C1=O. The van der Waals surface area contributed by atoms with E-state index >= 15 is 0 Å². The highest BCUT2D eigenvalue weighted by Crippen LogP contribution is 2.19. The van der Waals surface area contributed by atoms with Crippen molar-refractivity contribution in [1.29, 1.82) is 0 Å². The Morgan fingerprint density at radius 1 is 1.25 bits per heavy atom. The Bertz CT molecular complexity index is 428. The van der Waals surface area contributed by atoms with Crippen molar-refractivity contribution in [3.63, 3.8) is 0 Å². The zero-order valence-electron chi connectivity index (χ0n) is 8.80. The normalized spacial score (nSPS) is 15.4. The molecule has 0 unspecified atom stereocenters. The van der Waals surface area contributed by atoms with E-state index in [1.165, 1.54) is 4.90 Å². The van der Waals surface area contributed by atoms with Crippen molar-refractivity contribution in [2.24, 2.45) is 0 Å². The highest BCUT2D eigenvalue weighted by atomic mass is 16.2. The van der Waals surface area contributed by atoms with Crippen molar-refractivity contribution in [2.45, 2.75) is 0 Å². The third-order valence-corrected chi connectivity index (χ3v) is 2.52. The molecule has 1 saturated heterocycles. The molecule has 2 rings (SSSR count). The molecule has 4 heteroatoms. The Hall–Kier alpha value is -2.10. The number of carbonyl (C=O) groups excluding carboxylic acids is 2. The van der Waals surface area contributed by atoms with Crippen molar-refractivity contribution in [2.75, 3.05) is 18.0 Å². The molecule has 0 N–H and O–H groups in total. The van der Waals surface area contributed by atoms with Crippen LogP contribution in [0.25, 0.3) is 0 Å². The van der Waals surface area contributed by atoms with Gasteiger partial charge >= 0.3 is 6.03 Å². The maximum absolute atomic E-state index is 11.9. The Morgan fingerprint density at radius 2 is 1.94 bits per heavy atom. The number of imide groups is 1. The van der Waals surface area contributed by atoms with Gasteiger partial charge in [0.1, 0.15) is 0 Å². The number of benzene rings is 1. The average Bonchev–Trinajstić information content (AvgIpc) is 2.71. The first-order valence-electron chi connectivity index (χ1n) is 5.04. The molecule has 1 aliphatic rings. The molecule has 82 valence electrons. The minimum absolute atomic E-state index is 0.281. The van der Waals surface area contributed by atoms with Crippen LogP contribution in [0.2, 0.25) is 0 Å². The molecule has 0 atom stereocenters. The van der Waals surface area contributed by atoms with E-state index in [-0.39, 0.29) is 11.9 Å². The van der Waals surface area contributed by atoms with Gasteiger partial charge in [-0.25, -0.2) is 4.79 Å². The number of nitrogens with zero attached hydrogens (tertiary/aromatic N) is 2. The van der Waals surface area contributed by atoms with Crippen LogP contribution in [-0.2, 0) is 4.79 Å². The van der Waals surface area contributed by atoms with Gasteiger partial charge in [-0.05, 0) is 18.2 Å². The van der Waals surface area contributed by atoms with Gasteiger partial charge in [-0.1, -0.05) is 24.8 Å². The molecule has 4 nitrogen and oxygen atoms in total. The molecular formula is C12H12N2O2. The predicted octanol–water partition coefficient (Wildman–Crippen LogP) is 1.64. The topological polar surface area (TPSA) is 40.6 Å². The number of amides is 3. The van der Waals surface area contributed by atoms with E-state index in [2.05, 4.69) is 6.58 Å². The Morgan fingerprint density at radius 3 is 2.56 bits per heavy atom. The van der Waals surface area contributed by atoms with Crippen LogP contribution in [0.15, 0.2) is 43.0 Å². The molecule has 3 amide bonds. The number of carbonyl (C=O) groups is 2. The molecule has 1 heterocycles. The fourth-order valence-electron chi connectivity index (χ4n) is 1.70. The van der Waals surface area contributed by atoms with Gasteiger partial charge < -0.3 is 0 Å². The summed E-state index contributed by atoms with van der Waals surface area (Å²) >= 11 is 0. The minimum Gasteiger partial charge on any atom is -0.292 e. The number of para-hydroxylation sites is 1. The van der Waals surface area contributed by atoms with Crippen LogP contribution in [0.3, 0.4) is 0 Å². The summed E-state index contributed by atoms with van der Waals surface area (Å²) in [6.45, 7) is 4.32. The molecule has 1 aliphatic heterocycles. The largest absolute Gasteiger partial charge is 0.331 e. The highest BCUT2D eigenvalue weighted by molar-refractivity contribution is 6.07. The number of rotatable bonds is 2. The highest BCUT2D eigenvalue weighted by Gasteiger charge is 2.32. The van der Waals surface area contributed by atoms with Gasteiger partial charge in [0.05, 0.1) is 0 Å². The first kappa shape index (κ1) is 10.4. The molecule has 0 radical (unpaired) electrons. The Labute approximate surface area is 93.8 Å². The summed E-state index contributed by atoms with van der Waals surface area (Å²) in [6, 6.07) is 9.02. The smallest absolute Gasteiger partial charge is 0.292 e. The van der Waals surface area contributed by atoms with Gasteiger partial charge in [0.15, 0.2) is 0 Å². The van der Waals surface area contributed by atoms with Crippen LogP contribution in [0.5, 0.6) is 0 Å². The second-order valence-corrected chi connectivity index (χ2v) is 3.46. The second kappa shape index (κ2) is 4.18. The number of urea groups is 1. The van der Waals surface area contributed by atoms with E-state index in [1.54, 1.807) is 4.90 Å². The predicted molar refractivity (Wildman–Crippen MR) is 61.1 cm³/mol. The lowest BCUT2D eigenvalue weighted by atomic mass is 10.3. The van der Waals surface area contributed by atoms with E-state index in [0.29, 0.717) is 13.1 Å². The molecule has 1 fully saturated rings. The zero-order chi connectivity index (χ0) is 11.5. The lowest BCUT2D eigenvalue weighted by molar-refractivity contribution is -0.122. The fraction of sp³-hybridized carbons (Fsp3) is 0.167. The van der Waals surface area contributed by atoms with Gasteiger partial charge in [-0.15, -0.1) is 0 Å². The molecule has 16 heavy (non-hydrogen) atoms. The third kappa shape index (κ3) is 1.69. The van der Waals surface area contributed by atoms with Crippen LogP contribution < -0.4 is 4.90 Å². The summed E-state index contributed by atoms with van der Waals surface area (Å²) in [4.78, 5) is 26.0. The average molecular weight is 216 g/mol. The summed E-state index contributed by atoms with van der Waals surface area (Å²) in [6.07, 6.45) is 1.16. The Balaban J connectivity index is 2.20. The standard InChI is InChI=1S/C12H12N2O2/c1-2-11(15)14-9-8-13(12(14)16)10-6-4-3-5-7-10/h2-7H,1,8-9H2. The zero-order valence-corrected chi connectivity index (χ0v) is 8.80. The first-order chi connectivity index (χ1) is 7.74. The van der Waals surface area contributed by atoms with Gasteiger partial charge in [-0.2, -0.15) is 0 Å². The lowest BCUT2D eigenvalue weighted by Crippen LogP contribution is -2.35. The molecule has 1 aromatic carbocycles.